The van der Waals surface area contributed by atoms with E-state index in [0.29, 0.717) is 19.5 Å². The first-order valence-corrected chi connectivity index (χ1v) is 11.0. The van der Waals surface area contributed by atoms with E-state index in [1.54, 1.807) is 4.90 Å². The quantitative estimate of drug-likeness (QED) is 0.807. The minimum Gasteiger partial charge on any atom is -0.352 e. The zero-order valence-electron chi connectivity index (χ0n) is 18.2. The molecule has 6 nitrogen and oxygen atoms in total. The summed E-state index contributed by atoms with van der Waals surface area (Å²) >= 11 is 0. The molecule has 162 valence electrons. The van der Waals surface area contributed by atoms with Gasteiger partial charge in [-0.3, -0.25) is 14.4 Å². The molecule has 2 saturated heterocycles. The second kappa shape index (κ2) is 8.92. The van der Waals surface area contributed by atoms with Gasteiger partial charge in [-0.2, -0.15) is 0 Å². The number of hydrogen-bond acceptors (Lipinski definition) is 3. The zero-order valence-corrected chi connectivity index (χ0v) is 18.2. The van der Waals surface area contributed by atoms with Gasteiger partial charge in [0.05, 0.1) is 5.92 Å². The molecule has 3 amide bonds. The van der Waals surface area contributed by atoms with Crippen LogP contribution in [0.3, 0.4) is 0 Å². The van der Waals surface area contributed by atoms with E-state index in [1.807, 2.05) is 61.2 Å². The number of benzene rings is 2. The summed E-state index contributed by atoms with van der Waals surface area (Å²) in [5.41, 5.74) is 4.92. The molecule has 2 heterocycles. The van der Waals surface area contributed by atoms with Gasteiger partial charge in [-0.25, -0.2) is 0 Å². The van der Waals surface area contributed by atoms with E-state index in [9.17, 15) is 14.4 Å². The Morgan fingerprint density at radius 2 is 1.84 bits per heavy atom. The Morgan fingerprint density at radius 3 is 2.65 bits per heavy atom. The largest absolute Gasteiger partial charge is 0.352 e. The van der Waals surface area contributed by atoms with Crippen molar-refractivity contribution >= 4 is 29.1 Å². The molecule has 0 bridgehead atoms. The predicted octanol–water partition coefficient (Wildman–Crippen LogP) is 3.49. The third kappa shape index (κ3) is 4.48. The molecule has 2 aliphatic heterocycles. The minimum atomic E-state index is -0.362. The Hall–Kier alpha value is -3.15. The van der Waals surface area contributed by atoms with Crippen LogP contribution in [0.2, 0.25) is 0 Å². The Balaban J connectivity index is 1.38. The molecule has 31 heavy (non-hydrogen) atoms. The van der Waals surface area contributed by atoms with E-state index >= 15 is 0 Å². The summed E-state index contributed by atoms with van der Waals surface area (Å²) in [5.74, 6) is -0.331. The third-order valence-corrected chi connectivity index (χ3v) is 6.38. The molecule has 0 aliphatic carbocycles. The first kappa shape index (κ1) is 21.1. The fourth-order valence-electron chi connectivity index (χ4n) is 4.39. The van der Waals surface area contributed by atoms with Gasteiger partial charge in [0.1, 0.15) is 0 Å². The SMILES string of the molecule is Cc1cccc(N2CC(C(=O)NCc3cccc(N4CCCCC4=O)c3)CC2=O)c1C. The molecule has 2 aromatic carbocycles. The lowest BCUT2D eigenvalue weighted by Gasteiger charge is -2.27. The Kier molecular flexibility index (Phi) is 6.07. The van der Waals surface area contributed by atoms with Crippen molar-refractivity contribution in [2.75, 3.05) is 22.9 Å². The van der Waals surface area contributed by atoms with Crippen molar-refractivity contribution in [3.05, 3.63) is 59.2 Å². The number of hydrogen-bond donors (Lipinski definition) is 1. The highest BCUT2D eigenvalue weighted by molar-refractivity contribution is 6.01. The van der Waals surface area contributed by atoms with E-state index in [4.69, 9.17) is 0 Å². The van der Waals surface area contributed by atoms with Gasteiger partial charge in [0.2, 0.25) is 17.7 Å². The van der Waals surface area contributed by atoms with Crippen molar-refractivity contribution in [3.63, 3.8) is 0 Å². The molecule has 6 heteroatoms. The molecule has 2 fully saturated rings. The summed E-state index contributed by atoms with van der Waals surface area (Å²) in [5, 5.41) is 2.98. The topological polar surface area (TPSA) is 69.7 Å². The fraction of sp³-hybridized carbons (Fsp3) is 0.400. The van der Waals surface area contributed by atoms with Crippen LogP contribution in [0.1, 0.15) is 42.4 Å². The molecule has 4 rings (SSSR count). The van der Waals surface area contributed by atoms with Crippen molar-refractivity contribution in [1.29, 1.82) is 0 Å². The van der Waals surface area contributed by atoms with Crippen LogP contribution in [-0.4, -0.2) is 30.8 Å². The highest BCUT2D eigenvalue weighted by Crippen LogP contribution is 2.29. The minimum absolute atomic E-state index is 0.0144. The number of amides is 3. The molecule has 2 aromatic rings. The monoisotopic (exact) mass is 419 g/mol. The van der Waals surface area contributed by atoms with Gasteiger partial charge in [0, 0.05) is 43.9 Å². The fourth-order valence-corrected chi connectivity index (χ4v) is 4.39. The standard InChI is InChI=1S/C25H29N3O3/c1-17-7-5-10-22(18(17)2)28-16-20(14-24(28)30)25(31)26-15-19-8-6-9-21(13-19)27-12-4-3-11-23(27)29/h5-10,13,20H,3-4,11-12,14-16H2,1-2H3,(H,26,31). The molecule has 1 N–H and O–H groups in total. The second-order valence-electron chi connectivity index (χ2n) is 8.51. The van der Waals surface area contributed by atoms with Crippen molar-refractivity contribution in [3.8, 4) is 0 Å². The van der Waals surface area contributed by atoms with Gasteiger partial charge in [-0.1, -0.05) is 24.3 Å². The van der Waals surface area contributed by atoms with Crippen LogP contribution < -0.4 is 15.1 Å². The molecule has 0 saturated carbocycles. The van der Waals surface area contributed by atoms with E-state index in [2.05, 4.69) is 5.32 Å². The number of anilines is 2. The van der Waals surface area contributed by atoms with Gasteiger partial charge in [-0.15, -0.1) is 0 Å². The van der Waals surface area contributed by atoms with E-state index in [-0.39, 0.29) is 30.1 Å². The molecule has 1 unspecified atom stereocenters. The maximum atomic E-state index is 12.8. The maximum absolute atomic E-state index is 12.8. The Labute approximate surface area is 183 Å². The number of carbonyl (C=O) groups is 3. The first-order chi connectivity index (χ1) is 14.9. The van der Waals surface area contributed by atoms with Crippen molar-refractivity contribution < 1.29 is 14.4 Å². The summed E-state index contributed by atoms with van der Waals surface area (Å²) in [6.07, 6.45) is 2.78. The molecule has 1 atom stereocenters. The summed E-state index contributed by atoms with van der Waals surface area (Å²) in [6, 6.07) is 13.7. The lowest BCUT2D eigenvalue weighted by Crippen LogP contribution is -2.35. The first-order valence-electron chi connectivity index (χ1n) is 11.0. The van der Waals surface area contributed by atoms with E-state index in [0.717, 1.165) is 47.5 Å². The lowest BCUT2D eigenvalue weighted by molar-refractivity contribution is -0.126. The van der Waals surface area contributed by atoms with Crippen molar-refractivity contribution in [2.45, 2.75) is 46.1 Å². The van der Waals surface area contributed by atoms with Crippen LogP contribution in [-0.2, 0) is 20.9 Å². The number of nitrogens with zero attached hydrogens (tertiary/aromatic N) is 2. The van der Waals surface area contributed by atoms with Crippen LogP contribution in [0.4, 0.5) is 11.4 Å². The smallest absolute Gasteiger partial charge is 0.227 e. The van der Waals surface area contributed by atoms with Gasteiger partial charge < -0.3 is 15.1 Å². The highest BCUT2D eigenvalue weighted by atomic mass is 16.2. The summed E-state index contributed by atoms with van der Waals surface area (Å²) in [6.45, 7) is 5.55. The Morgan fingerprint density at radius 1 is 1.03 bits per heavy atom. The average molecular weight is 420 g/mol. The molecular formula is C25H29N3O3. The third-order valence-electron chi connectivity index (χ3n) is 6.38. The van der Waals surface area contributed by atoms with Gasteiger partial charge in [0.15, 0.2) is 0 Å². The van der Waals surface area contributed by atoms with Crippen LogP contribution in [0.15, 0.2) is 42.5 Å². The van der Waals surface area contributed by atoms with Crippen molar-refractivity contribution in [2.24, 2.45) is 5.92 Å². The van der Waals surface area contributed by atoms with Crippen LogP contribution in [0.5, 0.6) is 0 Å². The van der Waals surface area contributed by atoms with Crippen LogP contribution >= 0.6 is 0 Å². The number of carbonyl (C=O) groups excluding carboxylic acids is 3. The number of aryl methyl sites for hydroxylation is 1. The van der Waals surface area contributed by atoms with Crippen molar-refractivity contribution in [1.82, 2.24) is 5.32 Å². The zero-order chi connectivity index (χ0) is 22.0. The summed E-state index contributed by atoms with van der Waals surface area (Å²) in [4.78, 5) is 41.1. The van der Waals surface area contributed by atoms with Gasteiger partial charge in [0.25, 0.3) is 0 Å². The molecular weight excluding hydrogens is 390 g/mol. The maximum Gasteiger partial charge on any atom is 0.227 e. The Bertz CT molecular complexity index is 1020. The van der Waals surface area contributed by atoms with E-state index in [1.165, 1.54) is 0 Å². The summed E-state index contributed by atoms with van der Waals surface area (Å²) < 4.78 is 0. The molecule has 0 radical (unpaired) electrons. The molecule has 2 aliphatic rings. The second-order valence-corrected chi connectivity index (χ2v) is 8.51. The normalized spacial score (nSPS) is 19.1. The van der Waals surface area contributed by atoms with E-state index < -0.39 is 0 Å². The predicted molar refractivity (Wildman–Crippen MR) is 121 cm³/mol. The lowest BCUT2D eigenvalue weighted by atomic mass is 10.1. The molecule has 0 spiro atoms. The number of nitrogens with one attached hydrogen (secondary N) is 1. The average Bonchev–Trinajstić information content (AvgIpc) is 3.16. The van der Waals surface area contributed by atoms with Crippen LogP contribution in [0, 0.1) is 19.8 Å². The van der Waals surface area contributed by atoms with Gasteiger partial charge >= 0.3 is 0 Å². The van der Waals surface area contributed by atoms with Crippen LogP contribution in [0.25, 0.3) is 0 Å². The number of piperidine rings is 1. The molecule has 0 aromatic heterocycles. The number of rotatable bonds is 5. The highest BCUT2D eigenvalue weighted by Gasteiger charge is 2.35. The van der Waals surface area contributed by atoms with Gasteiger partial charge in [-0.05, 0) is 61.6 Å². The summed E-state index contributed by atoms with van der Waals surface area (Å²) in [7, 11) is 0.